The number of rotatable bonds is 5. The standard InChI is InChI=1S/C11H22N2O/c1-4-8-6-10(8)13-11(14)9(12)5-7(2)3/h7-10H,4-6,12H2,1-3H3,(H,13,14)/t8?,9-,10?/m1/s1. The summed E-state index contributed by atoms with van der Waals surface area (Å²) in [5.41, 5.74) is 5.77. The van der Waals surface area contributed by atoms with Crippen LogP contribution >= 0.6 is 0 Å². The molecular formula is C11H22N2O. The number of carbonyl (C=O) groups excluding carboxylic acids is 1. The van der Waals surface area contributed by atoms with Crippen LogP contribution in [0.4, 0.5) is 0 Å². The molecule has 0 spiro atoms. The first-order chi connectivity index (χ1) is 6.54. The molecule has 1 rings (SSSR count). The molecule has 0 bridgehead atoms. The van der Waals surface area contributed by atoms with Gasteiger partial charge in [-0.1, -0.05) is 27.2 Å². The Morgan fingerprint density at radius 2 is 2.21 bits per heavy atom. The Morgan fingerprint density at radius 3 is 2.64 bits per heavy atom. The second-order valence-corrected chi connectivity index (χ2v) is 4.76. The Kier molecular flexibility index (Phi) is 3.93. The Hall–Kier alpha value is -0.570. The van der Waals surface area contributed by atoms with E-state index in [0.717, 1.165) is 19.3 Å². The highest BCUT2D eigenvalue weighted by Crippen LogP contribution is 2.33. The number of nitrogens with one attached hydrogen (secondary N) is 1. The van der Waals surface area contributed by atoms with Gasteiger partial charge < -0.3 is 11.1 Å². The van der Waals surface area contributed by atoms with Crippen LogP contribution in [0.1, 0.15) is 40.0 Å². The molecule has 3 heteroatoms. The van der Waals surface area contributed by atoms with Crippen molar-refractivity contribution in [1.29, 1.82) is 0 Å². The van der Waals surface area contributed by atoms with Gasteiger partial charge in [0, 0.05) is 6.04 Å². The number of nitrogens with two attached hydrogens (primary N) is 1. The van der Waals surface area contributed by atoms with Gasteiger partial charge in [-0.05, 0) is 24.7 Å². The van der Waals surface area contributed by atoms with E-state index < -0.39 is 0 Å². The minimum Gasteiger partial charge on any atom is -0.352 e. The molecule has 2 unspecified atom stereocenters. The predicted octanol–water partition coefficient (Wildman–Crippen LogP) is 1.27. The van der Waals surface area contributed by atoms with Crippen LogP contribution in [-0.2, 0) is 4.79 Å². The highest BCUT2D eigenvalue weighted by molar-refractivity contribution is 5.82. The first kappa shape index (κ1) is 11.5. The monoisotopic (exact) mass is 198 g/mol. The minimum atomic E-state index is -0.326. The minimum absolute atomic E-state index is 0.0275. The van der Waals surface area contributed by atoms with Crippen molar-refractivity contribution >= 4 is 5.91 Å². The molecule has 0 radical (unpaired) electrons. The molecule has 1 aliphatic rings. The van der Waals surface area contributed by atoms with E-state index in [2.05, 4.69) is 26.1 Å². The van der Waals surface area contributed by atoms with Crippen molar-refractivity contribution in [2.75, 3.05) is 0 Å². The summed E-state index contributed by atoms with van der Waals surface area (Å²) in [5, 5.41) is 3.00. The summed E-state index contributed by atoms with van der Waals surface area (Å²) in [6, 6.07) is 0.0822. The van der Waals surface area contributed by atoms with Crippen molar-refractivity contribution in [3.8, 4) is 0 Å². The smallest absolute Gasteiger partial charge is 0.237 e. The zero-order chi connectivity index (χ0) is 10.7. The molecule has 1 aliphatic carbocycles. The molecule has 1 saturated carbocycles. The van der Waals surface area contributed by atoms with Crippen molar-refractivity contribution in [2.45, 2.75) is 52.1 Å². The molecule has 0 heterocycles. The molecule has 0 aliphatic heterocycles. The predicted molar refractivity (Wildman–Crippen MR) is 57.8 cm³/mol. The van der Waals surface area contributed by atoms with Gasteiger partial charge in [0.2, 0.25) is 5.91 Å². The van der Waals surface area contributed by atoms with E-state index in [4.69, 9.17) is 5.73 Å². The second-order valence-electron chi connectivity index (χ2n) is 4.76. The Bertz CT molecular complexity index is 203. The van der Waals surface area contributed by atoms with E-state index in [1.165, 1.54) is 0 Å². The summed E-state index contributed by atoms with van der Waals surface area (Å²) < 4.78 is 0. The molecule has 0 aromatic rings. The Labute approximate surface area is 86.4 Å². The maximum absolute atomic E-state index is 11.6. The van der Waals surface area contributed by atoms with Gasteiger partial charge in [-0.3, -0.25) is 4.79 Å². The lowest BCUT2D eigenvalue weighted by atomic mass is 10.0. The van der Waals surface area contributed by atoms with Crippen LogP contribution in [0.15, 0.2) is 0 Å². The molecule has 3 N–H and O–H groups in total. The topological polar surface area (TPSA) is 55.1 Å². The fourth-order valence-electron chi connectivity index (χ4n) is 1.78. The van der Waals surface area contributed by atoms with Crippen LogP contribution in [0.2, 0.25) is 0 Å². The summed E-state index contributed by atoms with van der Waals surface area (Å²) >= 11 is 0. The zero-order valence-electron chi connectivity index (χ0n) is 9.42. The summed E-state index contributed by atoms with van der Waals surface area (Å²) in [5.74, 6) is 1.21. The molecule has 0 aromatic carbocycles. The lowest BCUT2D eigenvalue weighted by Crippen LogP contribution is -2.42. The number of carbonyl (C=O) groups is 1. The lowest BCUT2D eigenvalue weighted by molar-refractivity contribution is -0.122. The molecule has 0 saturated heterocycles. The van der Waals surface area contributed by atoms with Crippen molar-refractivity contribution in [3.63, 3.8) is 0 Å². The quantitative estimate of drug-likeness (QED) is 0.699. The molecule has 82 valence electrons. The van der Waals surface area contributed by atoms with Crippen molar-refractivity contribution in [3.05, 3.63) is 0 Å². The van der Waals surface area contributed by atoms with Crippen molar-refractivity contribution in [1.82, 2.24) is 5.32 Å². The van der Waals surface area contributed by atoms with Crippen LogP contribution in [-0.4, -0.2) is 18.0 Å². The summed E-state index contributed by atoms with van der Waals surface area (Å²) in [4.78, 5) is 11.6. The first-order valence-electron chi connectivity index (χ1n) is 5.60. The highest BCUT2D eigenvalue weighted by Gasteiger charge is 2.37. The maximum Gasteiger partial charge on any atom is 0.237 e. The Balaban J connectivity index is 2.21. The van der Waals surface area contributed by atoms with Crippen LogP contribution in [0.3, 0.4) is 0 Å². The number of hydrogen-bond acceptors (Lipinski definition) is 2. The fourth-order valence-corrected chi connectivity index (χ4v) is 1.78. The van der Waals surface area contributed by atoms with E-state index in [1.807, 2.05) is 0 Å². The molecular weight excluding hydrogens is 176 g/mol. The summed E-state index contributed by atoms with van der Waals surface area (Å²) in [7, 11) is 0. The highest BCUT2D eigenvalue weighted by atomic mass is 16.2. The third-order valence-corrected chi connectivity index (χ3v) is 2.84. The van der Waals surface area contributed by atoms with Gasteiger partial charge in [0.15, 0.2) is 0 Å². The van der Waals surface area contributed by atoms with E-state index in [0.29, 0.717) is 17.9 Å². The summed E-state index contributed by atoms with van der Waals surface area (Å²) in [6.45, 7) is 6.32. The third kappa shape index (κ3) is 3.29. The second kappa shape index (κ2) is 4.78. The van der Waals surface area contributed by atoms with Crippen molar-refractivity contribution < 1.29 is 4.79 Å². The Morgan fingerprint density at radius 1 is 1.57 bits per heavy atom. The van der Waals surface area contributed by atoms with Gasteiger partial charge >= 0.3 is 0 Å². The largest absolute Gasteiger partial charge is 0.352 e. The SMILES string of the molecule is CCC1CC1NC(=O)[C@H](N)CC(C)C. The zero-order valence-corrected chi connectivity index (χ0v) is 9.42. The molecule has 3 atom stereocenters. The van der Waals surface area contributed by atoms with Gasteiger partial charge in [-0.2, -0.15) is 0 Å². The maximum atomic E-state index is 11.6. The van der Waals surface area contributed by atoms with Crippen LogP contribution in [0, 0.1) is 11.8 Å². The van der Waals surface area contributed by atoms with Crippen LogP contribution in [0.25, 0.3) is 0 Å². The van der Waals surface area contributed by atoms with Gasteiger partial charge in [0.25, 0.3) is 0 Å². The first-order valence-corrected chi connectivity index (χ1v) is 5.60. The normalized spacial score (nSPS) is 27.5. The van der Waals surface area contributed by atoms with Gasteiger partial charge in [0.1, 0.15) is 0 Å². The van der Waals surface area contributed by atoms with Gasteiger partial charge in [0.05, 0.1) is 6.04 Å². The van der Waals surface area contributed by atoms with E-state index in [1.54, 1.807) is 0 Å². The van der Waals surface area contributed by atoms with E-state index >= 15 is 0 Å². The fraction of sp³-hybridized carbons (Fsp3) is 0.909. The molecule has 14 heavy (non-hydrogen) atoms. The van der Waals surface area contributed by atoms with Crippen molar-refractivity contribution in [2.24, 2.45) is 17.6 Å². The average Bonchev–Trinajstić information content (AvgIpc) is 2.82. The molecule has 1 fully saturated rings. The third-order valence-electron chi connectivity index (χ3n) is 2.84. The average molecular weight is 198 g/mol. The van der Waals surface area contributed by atoms with E-state index in [9.17, 15) is 4.79 Å². The number of hydrogen-bond donors (Lipinski definition) is 2. The lowest BCUT2D eigenvalue weighted by Gasteiger charge is -2.13. The van der Waals surface area contributed by atoms with Crippen LogP contribution in [0.5, 0.6) is 0 Å². The van der Waals surface area contributed by atoms with E-state index in [-0.39, 0.29) is 11.9 Å². The van der Waals surface area contributed by atoms with Gasteiger partial charge in [-0.25, -0.2) is 0 Å². The van der Waals surface area contributed by atoms with Gasteiger partial charge in [-0.15, -0.1) is 0 Å². The summed E-state index contributed by atoms with van der Waals surface area (Å²) in [6.07, 6.45) is 3.07. The van der Waals surface area contributed by atoms with Crippen LogP contribution < -0.4 is 11.1 Å². The molecule has 0 aromatic heterocycles. The number of amides is 1. The molecule has 3 nitrogen and oxygen atoms in total. The molecule has 1 amide bonds.